The van der Waals surface area contributed by atoms with Crippen LogP contribution in [-0.4, -0.2) is 31.0 Å². The second-order valence-electron chi connectivity index (χ2n) is 6.78. The molecule has 1 aliphatic heterocycles. The Bertz CT molecular complexity index is 1250. The van der Waals surface area contributed by atoms with Crippen LogP contribution in [0, 0.1) is 5.92 Å². The number of carbonyl (C=O) groups excluding carboxylic acids is 2. The van der Waals surface area contributed by atoms with Crippen LogP contribution in [0.15, 0.2) is 54.7 Å². The molecular weight excluding hydrogens is 414 g/mol. The van der Waals surface area contributed by atoms with Gasteiger partial charge in [-0.05, 0) is 30.3 Å². The molecule has 1 N–H and O–H groups in total. The average Bonchev–Trinajstić information content (AvgIpc) is 2.88. The number of hydrogen-bond acceptors (Lipinski definition) is 5. The van der Waals surface area contributed by atoms with E-state index in [4.69, 9.17) is 11.6 Å². The number of rotatable bonds is 3. The summed E-state index contributed by atoms with van der Waals surface area (Å²) >= 11 is 6.26. The van der Waals surface area contributed by atoms with Gasteiger partial charge in [-0.15, -0.1) is 0 Å². The summed E-state index contributed by atoms with van der Waals surface area (Å²) < 4.78 is 25.3. The minimum Gasteiger partial charge on any atom is -0.320 e. The lowest BCUT2D eigenvalue weighted by Gasteiger charge is -2.16. The summed E-state index contributed by atoms with van der Waals surface area (Å²) in [6, 6.07) is 13.2. The lowest BCUT2D eigenvalue weighted by atomic mass is 10.1. The van der Waals surface area contributed by atoms with Gasteiger partial charge < -0.3 is 5.32 Å². The largest absolute Gasteiger partial charge is 0.320 e. The number of nitrogens with one attached hydrogen (secondary N) is 1. The quantitative estimate of drug-likeness (QED) is 0.687. The summed E-state index contributed by atoms with van der Waals surface area (Å²) in [6.07, 6.45) is 1.63. The smallest absolute Gasteiger partial charge is 0.257 e. The van der Waals surface area contributed by atoms with Crippen LogP contribution in [0.1, 0.15) is 17.3 Å². The molecule has 1 unspecified atom stereocenters. The topological polar surface area (TPSA) is 96.4 Å². The molecule has 1 saturated heterocycles. The van der Waals surface area contributed by atoms with Gasteiger partial charge in [-0.1, -0.05) is 36.7 Å². The molecule has 1 aromatic heterocycles. The normalized spacial score (nSPS) is 18.2. The van der Waals surface area contributed by atoms with Crippen molar-refractivity contribution in [3.8, 4) is 0 Å². The Balaban J connectivity index is 1.65. The van der Waals surface area contributed by atoms with E-state index >= 15 is 0 Å². The highest BCUT2D eigenvalue weighted by atomic mass is 35.5. The van der Waals surface area contributed by atoms with Crippen molar-refractivity contribution in [2.45, 2.75) is 6.92 Å². The Labute approximate surface area is 172 Å². The van der Waals surface area contributed by atoms with E-state index in [0.717, 1.165) is 9.69 Å². The second-order valence-corrected chi connectivity index (χ2v) is 9.05. The summed E-state index contributed by atoms with van der Waals surface area (Å²) in [5.74, 6) is -1.86. The Morgan fingerprint density at radius 1 is 1.21 bits per heavy atom. The van der Waals surface area contributed by atoms with Gasteiger partial charge in [-0.3, -0.25) is 14.6 Å². The molecule has 2 amide bonds. The Morgan fingerprint density at radius 2 is 1.97 bits per heavy atom. The molecule has 3 aromatic rings. The van der Waals surface area contributed by atoms with Crippen molar-refractivity contribution in [1.82, 2.24) is 4.98 Å². The van der Waals surface area contributed by atoms with Gasteiger partial charge in [0, 0.05) is 11.6 Å². The Hall–Kier alpha value is -2.97. The fourth-order valence-electron chi connectivity index (χ4n) is 3.30. The number of aromatic nitrogens is 1. The maximum atomic E-state index is 12.7. The molecular formula is C20H16ClN3O4S. The lowest BCUT2D eigenvalue weighted by Crippen LogP contribution is -2.30. The van der Waals surface area contributed by atoms with E-state index in [1.807, 2.05) is 12.1 Å². The molecule has 9 heteroatoms. The third kappa shape index (κ3) is 3.45. The van der Waals surface area contributed by atoms with Crippen molar-refractivity contribution in [3.63, 3.8) is 0 Å². The second kappa shape index (κ2) is 7.13. The van der Waals surface area contributed by atoms with Gasteiger partial charge in [0.25, 0.3) is 5.91 Å². The molecule has 7 nitrogen and oxygen atoms in total. The molecule has 2 heterocycles. The maximum absolute atomic E-state index is 12.7. The first-order valence-electron chi connectivity index (χ1n) is 8.79. The molecule has 1 fully saturated rings. The fraction of sp³-hybridized carbons (Fsp3) is 0.150. The van der Waals surface area contributed by atoms with Crippen molar-refractivity contribution in [2.24, 2.45) is 5.92 Å². The average molecular weight is 430 g/mol. The zero-order chi connectivity index (χ0) is 20.8. The van der Waals surface area contributed by atoms with E-state index in [-0.39, 0.29) is 22.0 Å². The van der Waals surface area contributed by atoms with Crippen molar-refractivity contribution in [2.75, 3.05) is 15.4 Å². The third-order valence-electron chi connectivity index (χ3n) is 4.67. The molecule has 0 saturated carbocycles. The molecule has 148 valence electrons. The maximum Gasteiger partial charge on any atom is 0.257 e. The molecule has 29 heavy (non-hydrogen) atoms. The number of hydrogen-bond donors (Lipinski definition) is 1. The van der Waals surface area contributed by atoms with Crippen LogP contribution in [0.25, 0.3) is 10.9 Å². The van der Waals surface area contributed by atoms with Crippen LogP contribution in [0.4, 0.5) is 11.4 Å². The van der Waals surface area contributed by atoms with Crippen LogP contribution in [-0.2, 0) is 14.8 Å². The number of fused-ring (bicyclic) bond motifs is 1. The van der Waals surface area contributed by atoms with Crippen LogP contribution in [0.5, 0.6) is 0 Å². The number of para-hydroxylation sites is 1. The first-order chi connectivity index (χ1) is 13.8. The van der Waals surface area contributed by atoms with Crippen LogP contribution in [0.3, 0.4) is 0 Å². The molecule has 1 atom stereocenters. The fourth-order valence-corrected chi connectivity index (χ4v) is 5.37. The van der Waals surface area contributed by atoms with Gasteiger partial charge >= 0.3 is 0 Å². The number of amides is 2. The van der Waals surface area contributed by atoms with Gasteiger partial charge in [0.2, 0.25) is 15.9 Å². The van der Waals surface area contributed by atoms with E-state index in [0.29, 0.717) is 11.2 Å². The zero-order valence-electron chi connectivity index (χ0n) is 15.3. The summed E-state index contributed by atoms with van der Waals surface area (Å²) in [7, 11) is -3.74. The molecule has 1 aliphatic rings. The number of benzene rings is 2. The first-order valence-corrected chi connectivity index (χ1v) is 10.8. The summed E-state index contributed by atoms with van der Waals surface area (Å²) in [4.78, 5) is 29.3. The van der Waals surface area contributed by atoms with E-state index in [9.17, 15) is 18.0 Å². The number of pyridine rings is 1. The minimum atomic E-state index is -3.74. The number of carbonyl (C=O) groups is 2. The highest BCUT2D eigenvalue weighted by Gasteiger charge is 2.42. The van der Waals surface area contributed by atoms with E-state index < -0.39 is 27.8 Å². The van der Waals surface area contributed by atoms with E-state index in [1.165, 1.54) is 18.2 Å². The first kappa shape index (κ1) is 19.4. The molecule has 0 aliphatic carbocycles. The summed E-state index contributed by atoms with van der Waals surface area (Å²) in [6.45, 7) is 1.56. The predicted octanol–water partition coefficient (Wildman–Crippen LogP) is 3.45. The van der Waals surface area contributed by atoms with Crippen molar-refractivity contribution >= 4 is 55.7 Å². The Kier molecular flexibility index (Phi) is 4.76. The molecule has 0 radical (unpaired) electrons. The SMILES string of the molecule is CC1CS(=O)(=O)N(c2ccc(C(=O)Nc3cccc4cccnc34)c(Cl)c2)C1=O. The van der Waals surface area contributed by atoms with Crippen LogP contribution < -0.4 is 9.62 Å². The lowest BCUT2D eigenvalue weighted by molar-refractivity contribution is -0.119. The predicted molar refractivity (Wildman–Crippen MR) is 112 cm³/mol. The monoisotopic (exact) mass is 429 g/mol. The number of halogens is 1. The number of sulfonamides is 1. The highest BCUT2D eigenvalue weighted by molar-refractivity contribution is 7.94. The highest BCUT2D eigenvalue weighted by Crippen LogP contribution is 2.32. The summed E-state index contributed by atoms with van der Waals surface area (Å²) in [5, 5.41) is 3.69. The van der Waals surface area contributed by atoms with Gasteiger partial charge in [0.15, 0.2) is 0 Å². The standard InChI is InChI=1S/C20H16ClN3O4S/c1-12-11-29(27,28)24(20(12)26)14-7-8-15(16(21)10-14)19(25)23-17-6-2-4-13-5-3-9-22-18(13)17/h2-10,12H,11H2,1H3,(H,23,25). The number of nitrogens with zero attached hydrogens (tertiary/aromatic N) is 2. The molecule has 0 bridgehead atoms. The van der Waals surface area contributed by atoms with E-state index in [1.54, 1.807) is 31.3 Å². The van der Waals surface area contributed by atoms with Gasteiger partial charge in [-0.2, -0.15) is 0 Å². The van der Waals surface area contributed by atoms with Crippen LogP contribution >= 0.6 is 11.6 Å². The molecule has 2 aromatic carbocycles. The number of anilines is 2. The Morgan fingerprint density at radius 3 is 2.66 bits per heavy atom. The molecule has 4 rings (SSSR count). The van der Waals surface area contributed by atoms with Crippen LogP contribution in [0.2, 0.25) is 5.02 Å². The van der Waals surface area contributed by atoms with Gasteiger partial charge in [0.05, 0.1) is 39.1 Å². The zero-order valence-corrected chi connectivity index (χ0v) is 16.9. The van der Waals surface area contributed by atoms with Crippen molar-refractivity contribution in [3.05, 3.63) is 65.3 Å². The minimum absolute atomic E-state index is 0.0377. The third-order valence-corrected chi connectivity index (χ3v) is 6.85. The van der Waals surface area contributed by atoms with E-state index in [2.05, 4.69) is 10.3 Å². The summed E-state index contributed by atoms with van der Waals surface area (Å²) in [5.41, 5.74) is 1.44. The van der Waals surface area contributed by atoms with Gasteiger partial charge in [0.1, 0.15) is 0 Å². The molecule has 0 spiro atoms. The van der Waals surface area contributed by atoms with Gasteiger partial charge in [-0.25, -0.2) is 12.7 Å². The van der Waals surface area contributed by atoms with Crippen molar-refractivity contribution < 1.29 is 18.0 Å². The van der Waals surface area contributed by atoms with Crippen molar-refractivity contribution in [1.29, 1.82) is 0 Å².